The van der Waals surface area contributed by atoms with Crippen LogP contribution in [-0.4, -0.2) is 45.5 Å². The van der Waals surface area contributed by atoms with Gasteiger partial charge >= 0.3 is 0 Å². The van der Waals surface area contributed by atoms with E-state index in [-0.39, 0.29) is 18.4 Å². The minimum atomic E-state index is -2.52. The molecule has 1 aliphatic rings. The van der Waals surface area contributed by atoms with Crippen LogP contribution >= 0.6 is 0 Å². The van der Waals surface area contributed by atoms with Gasteiger partial charge in [-0.3, -0.25) is 4.90 Å². The van der Waals surface area contributed by atoms with Gasteiger partial charge in [0.2, 0.25) is 0 Å². The van der Waals surface area contributed by atoms with E-state index in [2.05, 4.69) is 31.0 Å². The maximum Gasteiger partial charge on any atom is 0.261 e. The quantitative estimate of drug-likeness (QED) is 0.830. The third-order valence-electron chi connectivity index (χ3n) is 3.17. The van der Waals surface area contributed by atoms with Crippen LogP contribution in [0, 0.1) is 0 Å². The summed E-state index contributed by atoms with van der Waals surface area (Å²) < 4.78 is 26.0. The zero-order chi connectivity index (χ0) is 13.4. The lowest BCUT2D eigenvalue weighted by molar-refractivity contribution is 0.0118. The number of halogens is 2. The molecule has 0 spiro atoms. The van der Waals surface area contributed by atoms with Crippen molar-refractivity contribution in [3.8, 4) is 0 Å². The number of hydrogen-bond acceptors (Lipinski definition) is 3. The molecule has 1 aromatic heterocycles. The second-order valence-corrected chi connectivity index (χ2v) is 5.96. The molecule has 102 valence electrons. The molecule has 0 unspecified atom stereocenters. The highest BCUT2D eigenvalue weighted by Crippen LogP contribution is 2.26. The summed E-state index contributed by atoms with van der Waals surface area (Å²) >= 11 is 0. The fourth-order valence-electron chi connectivity index (χ4n) is 1.98. The van der Waals surface area contributed by atoms with Crippen LogP contribution in [0.1, 0.15) is 32.9 Å². The van der Waals surface area contributed by atoms with Crippen molar-refractivity contribution in [1.82, 2.24) is 19.9 Å². The molecule has 0 bridgehead atoms. The molecule has 1 saturated heterocycles. The summed E-state index contributed by atoms with van der Waals surface area (Å²) in [5.74, 6) is -2.52. The van der Waals surface area contributed by atoms with E-state index in [1.54, 1.807) is 15.9 Å². The molecule has 2 heterocycles. The maximum atomic E-state index is 13.0. The Morgan fingerprint density at radius 1 is 1.33 bits per heavy atom. The van der Waals surface area contributed by atoms with Gasteiger partial charge in [-0.25, -0.2) is 8.78 Å². The van der Waals surface area contributed by atoms with Gasteiger partial charge in [-0.2, -0.15) is 15.0 Å². The normalized spacial score (nSPS) is 20.5. The van der Waals surface area contributed by atoms with E-state index in [9.17, 15) is 8.78 Å². The predicted molar refractivity (Wildman–Crippen MR) is 64.7 cm³/mol. The molecule has 4 nitrogen and oxygen atoms in total. The Kier molecular flexibility index (Phi) is 3.40. The first kappa shape index (κ1) is 13.4. The first-order chi connectivity index (χ1) is 8.26. The Morgan fingerprint density at radius 2 is 2.06 bits per heavy atom. The maximum absolute atomic E-state index is 13.0. The second-order valence-electron chi connectivity index (χ2n) is 5.96. The van der Waals surface area contributed by atoms with Crippen molar-refractivity contribution in [3.63, 3.8) is 0 Å². The van der Waals surface area contributed by atoms with Crippen molar-refractivity contribution in [2.24, 2.45) is 0 Å². The first-order valence-electron chi connectivity index (χ1n) is 6.27. The zero-order valence-electron chi connectivity index (χ0n) is 11.2. The van der Waals surface area contributed by atoms with E-state index >= 15 is 0 Å². The number of nitrogens with zero attached hydrogens (tertiary/aromatic N) is 4. The van der Waals surface area contributed by atoms with E-state index in [0.29, 0.717) is 19.6 Å². The Bertz CT molecular complexity index is 408. The molecule has 0 radical (unpaired) electrons. The van der Waals surface area contributed by atoms with Gasteiger partial charge in [0.25, 0.3) is 5.92 Å². The minimum Gasteiger partial charge on any atom is -0.295 e. The average Bonchev–Trinajstić information content (AvgIpc) is 2.80. The van der Waals surface area contributed by atoms with Crippen LogP contribution in [0.25, 0.3) is 0 Å². The summed E-state index contributed by atoms with van der Waals surface area (Å²) in [4.78, 5) is 3.36. The highest BCUT2D eigenvalue weighted by molar-refractivity contribution is 5.05. The van der Waals surface area contributed by atoms with Crippen molar-refractivity contribution in [3.05, 3.63) is 11.9 Å². The molecule has 6 heteroatoms. The van der Waals surface area contributed by atoms with Crippen LogP contribution in [0.15, 0.2) is 6.20 Å². The summed E-state index contributed by atoms with van der Waals surface area (Å²) in [5.41, 5.74) is 0.896. The molecule has 0 saturated carbocycles. The van der Waals surface area contributed by atoms with Crippen molar-refractivity contribution < 1.29 is 8.78 Å². The molecule has 18 heavy (non-hydrogen) atoms. The second kappa shape index (κ2) is 4.57. The fourth-order valence-corrected chi connectivity index (χ4v) is 1.98. The SMILES string of the molecule is CC(C)(C)c1cnn(CCN2CCC(F)(F)C2)n1. The molecule has 1 aliphatic heterocycles. The number of likely N-dealkylation sites (tertiary alicyclic amines) is 1. The molecule has 1 aromatic rings. The number of hydrogen-bond donors (Lipinski definition) is 0. The van der Waals surface area contributed by atoms with Gasteiger partial charge < -0.3 is 0 Å². The molecular formula is C12H20F2N4. The van der Waals surface area contributed by atoms with Gasteiger partial charge in [-0.05, 0) is 0 Å². The van der Waals surface area contributed by atoms with E-state index in [1.807, 2.05) is 0 Å². The topological polar surface area (TPSA) is 34.0 Å². The highest BCUT2D eigenvalue weighted by Gasteiger charge is 2.37. The van der Waals surface area contributed by atoms with Crippen LogP contribution < -0.4 is 0 Å². The Morgan fingerprint density at radius 3 is 2.56 bits per heavy atom. The smallest absolute Gasteiger partial charge is 0.261 e. The average molecular weight is 258 g/mol. The van der Waals surface area contributed by atoms with Crippen LogP contribution in [0.5, 0.6) is 0 Å². The van der Waals surface area contributed by atoms with Gasteiger partial charge in [0.05, 0.1) is 25.0 Å². The van der Waals surface area contributed by atoms with Crippen molar-refractivity contribution in [2.45, 2.75) is 45.1 Å². The molecule has 0 aliphatic carbocycles. The van der Waals surface area contributed by atoms with Gasteiger partial charge in [0, 0.05) is 24.9 Å². The first-order valence-corrected chi connectivity index (χ1v) is 6.27. The van der Waals surface area contributed by atoms with Crippen molar-refractivity contribution >= 4 is 0 Å². The lowest BCUT2D eigenvalue weighted by Crippen LogP contribution is -2.29. The number of rotatable bonds is 3. The van der Waals surface area contributed by atoms with Gasteiger partial charge in [0.15, 0.2) is 0 Å². The van der Waals surface area contributed by atoms with Gasteiger partial charge in [-0.1, -0.05) is 20.8 Å². The monoisotopic (exact) mass is 258 g/mol. The summed E-state index contributed by atoms with van der Waals surface area (Å²) in [7, 11) is 0. The van der Waals surface area contributed by atoms with Crippen LogP contribution in [0.2, 0.25) is 0 Å². The number of aromatic nitrogens is 3. The Balaban J connectivity index is 1.86. The van der Waals surface area contributed by atoms with E-state index in [1.165, 1.54) is 0 Å². The van der Waals surface area contributed by atoms with E-state index in [0.717, 1.165) is 5.69 Å². The predicted octanol–water partition coefficient (Wildman–Crippen LogP) is 1.92. The van der Waals surface area contributed by atoms with Crippen LogP contribution in [-0.2, 0) is 12.0 Å². The largest absolute Gasteiger partial charge is 0.295 e. The molecule has 2 rings (SSSR count). The van der Waals surface area contributed by atoms with Gasteiger partial charge in [-0.15, -0.1) is 0 Å². The summed E-state index contributed by atoms with van der Waals surface area (Å²) in [6.07, 6.45) is 1.71. The summed E-state index contributed by atoms with van der Waals surface area (Å²) in [6, 6.07) is 0. The van der Waals surface area contributed by atoms with Crippen LogP contribution in [0.3, 0.4) is 0 Å². The minimum absolute atomic E-state index is 0.0288. The van der Waals surface area contributed by atoms with Gasteiger partial charge in [0.1, 0.15) is 0 Å². The molecular weight excluding hydrogens is 238 g/mol. The van der Waals surface area contributed by atoms with Crippen LogP contribution in [0.4, 0.5) is 8.78 Å². The molecule has 0 atom stereocenters. The lowest BCUT2D eigenvalue weighted by Gasteiger charge is -2.15. The Hall–Kier alpha value is -1.04. The summed E-state index contributed by atoms with van der Waals surface area (Å²) in [5, 5.41) is 8.54. The molecule has 1 fully saturated rings. The number of alkyl halides is 2. The Labute approximate surface area is 106 Å². The summed E-state index contributed by atoms with van der Waals surface area (Å²) in [6.45, 7) is 7.67. The van der Waals surface area contributed by atoms with E-state index in [4.69, 9.17) is 0 Å². The highest BCUT2D eigenvalue weighted by atomic mass is 19.3. The fraction of sp³-hybridized carbons (Fsp3) is 0.833. The molecule has 0 N–H and O–H groups in total. The lowest BCUT2D eigenvalue weighted by atomic mass is 9.93. The third kappa shape index (κ3) is 3.25. The zero-order valence-corrected chi connectivity index (χ0v) is 11.2. The third-order valence-corrected chi connectivity index (χ3v) is 3.17. The van der Waals surface area contributed by atoms with Crippen molar-refractivity contribution in [1.29, 1.82) is 0 Å². The van der Waals surface area contributed by atoms with Crippen molar-refractivity contribution in [2.75, 3.05) is 19.6 Å². The van der Waals surface area contributed by atoms with E-state index < -0.39 is 5.92 Å². The standard InChI is InChI=1S/C12H20F2N4/c1-11(2,3)10-8-15-18(16-10)7-6-17-5-4-12(13,14)9-17/h8H,4-7,9H2,1-3H3. The molecule has 0 aromatic carbocycles. The molecule has 0 amide bonds.